The Morgan fingerprint density at radius 3 is 1.03 bits per heavy atom. The molecule has 0 aliphatic carbocycles. The lowest BCUT2D eigenvalue weighted by Crippen LogP contribution is -2.30. The topological polar surface area (TPSA) is 34.6 Å². The monoisotopic (exact) mass is 846 g/mol. The van der Waals surface area contributed by atoms with Crippen molar-refractivity contribution in [2.75, 3.05) is 9.80 Å². The standard InChI is InChI=1S/C62H46N4/c1-61(2)48-24-12-16-28-52(48)65(53-29-17-13-25-49(53)61)45-36-32-43(33-37-45)56-47(40-63)60(64-5)59(58(42-22-10-7-11-23-42)57(56)41-20-8-6-9-21-41)44-34-38-46(39-35-44)66-54-30-18-14-26-50(54)62(3,4)51-27-15-19-31-55(51)66/h6-39H,1-4H3. The Bertz CT molecular complexity index is 3090. The third-order valence-electron chi connectivity index (χ3n) is 13.9. The van der Waals surface area contributed by atoms with Gasteiger partial charge in [-0.25, -0.2) is 4.85 Å². The highest BCUT2D eigenvalue weighted by Gasteiger charge is 2.38. The highest BCUT2D eigenvalue weighted by molar-refractivity contribution is 6.10. The molecule has 9 aromatic rings. The van der Waals surface area contributed by atoms with Gasteiger partial charge in [0, 0.05) is 22.2 Å². The minimum absolute atomic E-state index is 0.177. The average molecular weight is 847 g/mol. The summed E-state index contributed by atoms with van der Waals surface area (Å²) in [5.74, 6) is 0. The van der Waals surface area contributed by atoms with E-state index in [1.165, 1.54) is 22.3 Å². The fourth-order valence-corrected chi connectivity index (χ4v) is 10.8. The number of nitriles is 1. The third-order valence-corrected chi connectivity index (χ3v) is 13.9. The van der Waals surface area contributed by atoms with Crippen molar-refractivity contribution in [3.63, 3.8) is 0 Å². The Balaban J connectivity index is 1.12. The molecule has 0 aromatic heterocycles. The molecule has 4 nitrogen and oxygen atoms in total. The Morgan fingerprint density at radius 1 is 0.379 bits per heavy atom. The first kappa shape index (κ1) is 40.3. The molecule has 0 saturated heterocycles. The smallest absolute Gasteiger partial charge is 0.213 e. The zero-order valence-corrected chi connectivity index (χ0v) is 37.4. The first-order valence-electron chi connectivity index (χ1n) is 22.5. The summed E-state index contributed by atoms with van der Waals surface area (Å²) >= 11 is 0. The maximum atomic E-state index is 11.4. The molecule has 2 heterocycles. The Morgan fingerprint density at radius 2 is 0.682 bits per heavy atom. The highest BCUT2D eigenvalue weighted by Crippen LogP contribution is 2.56. The zero-order chi connectivity index (χ0) is 45.2. The lowest BCUT2D eigenvalue weighted by Gasteiger charge is -2.42. The summed E-state index contributed by atoms with van der Waals surface area (Å²) in [4.78, 5) is 8.97. The Kier molecular flexibility index (Phi) is 9.58. The molecule has 0 atom stereocenters. The number of anilines is 6. The Labute approximate surface area is 387 Å². The van der Waals surface area contributed by atoms with Gasteiger partial charge in [-0.2, -0.15) is 5.26 Å². The van der Waals surface area contributed by atoms with E-state index in [9.17, 15) is 5.26 Å². The SMILES string of the molecule is [C-]#[N+]c1c(C#N)c(-c2ccc(N3c4ccccc4C(C)(C)c4ccccc43)cc2)c(-c2ccccc2)c(-c2ccccc2)c1-c1ccc(N2c3ccccc3C(C)(C)c3ccccc32)cc1. The molecule has 0 bridgehead atoms. The van der Waals surface area contributed by atoms with E-state index in [1.807, 2.05) is 36.4 Å². The summed E-state index contributed by atoms with van der Waals surface area (Å²) in [5, 5.41) is 11.4. The molecule has 2 aliphatic rings. The zero-order valence-electron chi connectivity index (χ0n) is 37.4. The van der Waals surface area contributed by atoms with E-state index in [1.54, 1.807) is 0 Å². The van der Waals surface area contributed by atoms with E-state index < -0.39 is 0 Å². The molecule has 66 heavy (non-hydrogen) atoms. The molecule has 4 heteroatoms. The van der Waals surface area contributed by atoms with E-state index >= 15 is 0 Å². The van der Waals surface area contributed by atoms with E-state index in [0.29, 0.717) is 11.3 Å². The van der Waals surface area contributed by atoms with Crippen molar-refractivity contribution < 1.29 is 0 Å². The second-order valence-electron chi connectivity index (χ2n) is 18.3. The first-order chi connectivity index (χ1) is 32.2. The van der Waals surface area contributed by atoms with E-state index in [-0.39, 0.29) is 10.8 Å². The average Bonchev–Trinajstić information content (AvgIpc) is 3.37. The number of para-hydroxylation sites is 4. The number of rotatable bonds is 6. The van der Waals surface area contributed by atoms with Crippen molar-refractivity contribution in [1.29, 1.82) is 5.26 Å². The van der Waals surface area contributed by atoms with Gasteiger partial charge >= 0.3 is 0 Å². The summed E-state index contributed by atoms with van der Waals surface area (Å²) in [7, 11) is 0. The summed E-state index contributed by atoms with van der Waals surface area (Å²) in [6.45, 7) is 18.1. The summed E-state index contributed by atoms with van der Waals surface area (Å²) in [6.07, 6.45) is 0. The molecule has 2 aliphatic heterocycles. The van der Waals surface area contributed by atoms with Crippen LogP contribution < -0.4 is 9.80 Å². The van der Waals surface area contributed by atoms with Crippen LogP contribution in [0.4, 0.5) is 39.8 Å². The molecular weight excluding hydrogens is 801 g/mol. The molecule has 11 rings (SSSR count). The quantitative estimate of drug-likeness (QED) is 0.156. The minimum Gasteiger partial charge on any atom is -0.310 e. The minimum atomic E-state index is -0.177. The van der Waals surface area contributed by atoms with Crippen LogP contribution in [0.2, 0.25) is 0 Å². The fourth-order valence-electron chi connectivity index (χ4n) is 10.8. The molecule has 0 unspecified atom stereocenters. The number of hydrogen-bond acceptors (Lipinski definition) is 3. The van der Waals surface area contributed by atoms with Crippen LogP contribution in [0, 0.1) is 17.9 Å². The van der Waals surface area contributed by atoms with Gasteiger partial charge in [0.05, 0.1) is 41.0 Å². The molecule has 0 saturated carbocycles. The first-order valence-corrected chi connectivity index (χ1v) is 22.5. The molecule has 9 aromatic carbocycles. The molecule has 0 N–H and O–H groups in total. The van der Waals surface area contributed by atoms with Gasteiger partial charge in [0.1, 0.15) is 0 Å². The van der Waals surface area contributed by atoms with Crippen LogP contribution in [0.3, 0.4) is 0 Å². The normalized spacial score (nSPS) is 13.9. The molecule has 0 spiro atoms. The van der Waals surface area contributed by atoms with Gasteiger partial charge in [-0.15, -0.1) is 0 Å². The van der Waals surface area contributed by atoms with Crippen LogP contribution in [-0.4, -0.2) is 0 Å². The second kappa shape index (κ2) is 15.7. The van der Waals surface area contributed by atoms with Gasteiger partial charge in [-0.05, 0) is 115 Å². The van der Waals surface area contributed by atoms with Gasteiger partial charge in [0.25, 0.3) is 0 Å². The van der Waals surface area contributed by atoms with E-state index in [0.717, 1.165) is 78.6 Å². The molecule has 0 radical (unpaired) electrons. The van der Waals surface area contributed by atoms with Gasteiger partial charge in [-0.3, -0.25) is 0 Å². The van der Waals surface area contributed by atoms with Gasteiger partial charge < -0.3 is 9.80 Å². The van der Waals surface area contributed by atoms with Gasteiger partial charge in [-0.1, -0.05) is 185 Å². The maximum Gasteiger partial charge on any atom is 0.213 e. The van der Waals surface area contributed by atoms with Crippen LogP contribution in [0.15, 0.2) is 206 Å². The van der Waals surface area contributed by atoms with Crippen LogP contribution in [0.5, 0.6) is 0 Å². The lowest BCUT2D eigenvalue weighted by molar-refractivity contribution is 0.632. The summed E-state index contributed by atoms with van der Waals surface area (Å²) in [5.41, 5.74) is 19.0. The third kappa shape index (κ3) is 6.18. The van der Waals surface area contributed by atoms with Crippen molar-refractivity contribution in [3.8, 4) is 50.6 Å². The molecule has 314 valence electrons. The van der Waals surface area contributed by atoms with Crippen molar-refractivity contribution in [1.82, 2.24) is 0 Å². The van der Waals surface area contributed by atoms with Gasteiger partial charge in [0.15, 0.2) is 0 Å². The van der Waals surface area contributed by atoms with Crippen LogP contribution >= 0.6 is 0 Å². The van der Waals surface area contributed by atoms with E-state index in [2.05, 4.69) is 218 Å². The number of hydrogen-bond donors (Lipinski definition) is 0. The molecular formula is C62H46N4. The largest absolute Gasteiger partial charge is 0.310 e. The lowest BCUT2D eigenvalue weighted by atomic mass is 9.73. The predicted octanol–water partition coefficient (Wildman–Crippen LogP) is 17.0. The van der Waals surface area contributed by atoms with Crippen molar-refractivity contribution >= 4 is 39.8 Å². The predicted molar refractivity (Wildman–Crippen MR) is 273 cm³/mol. The van der Waals surface area contributed by atoms with E-state index in [4.69, 9.17) is 6.57 Å². The summed E-state index contributed by atoms with van der Waals surface area (Å²) in [6, 6.07) is 75.0. The van der Waals surface area contributed by atoms with Crippen molar-refractivity contribution in [2.24, 2.45) is 0 Å². The fraction of sp³-hybridized carbons (Fsp3) is 0.0968. The van der Waals surface area contributed by atoms with Crippen molar-refractivity contribution in [3.05, 3.63) is 245 Å². The maximum absolute atomic E-state index is 11.4. The molecule has 0 amide bonds. The summed E-state index contributed by atoms with van der Waals surface area (Å²) < 4.78 is 0. The second-order valence-corrected chi connectivity index (χ2v) is 18.3. The van der Waals surface area contributed by atoms with Gasteiger partial charge in [0.2, 0.25) is 5.69 Å². The van der Waals surface area contributed by atoms with Crippen LogP contribution in [-0.2, 0) is 10.8 Å². The highest BCUT2D eigenvalue weighted by atomic mass is 15.2. The van der Waals surface area contributed by atoms with Crippen LogP contribution in [0.1, 0.15) is 55.5 Å². The molecule has 0 fully saturated rings. The number of nitrogens with zero attached hydrogens (tertiary/aromatic N) is 4. The number of benzene rings is 9. The van der Waals surface area contributed by atoms with Crippen LogP contribution in [0.25, 0.3) is 49.4 Å². The number of fused-ring (bicyclic) bond motifs is 4. The Hall–Kier alpha value is -8.44. The van der Waals surface area contributed by atoms with Crippen molar-refractivity contribution in [2.45, 2.75) is 38.5 Å².